The summed E-state index contributed by atoms with van der Waals surface area (Å²) in [6.45, 7) is 0.103. The van der Waals surface area contributed by atoms with E-state index in [2.05, 4.69) is 10.2 Å². The van der Waals surface area contributed by atoms with Crippen LogP contribution in [-0.4, -0.2) is 32.0 Å². The van der Waals surface area contributed by atoms with Crippen molar-refractivity contribution in [1.29, 1.82) is 0 Å². The van der Waals surface area contributed by atoms with E-state index in [9.17, 15) is 13.0 Å². The summed E-state index contributed by atoms with van der Waals surface area (Å²) in [6.07, 6.45) is 1.53. The van der Waals surface area contributed by atoms with E-state index in [0.29, 0.717) is 5.82 Å². The first kappa shape index (κ1) is 11.3. The molecule has 1 aliphatic heterocycles. The van der Waals surface area contributed by atoms with Gasteiger partial charge in [-0.3, -0.25) is 9.12 Å². The Morgan fingerprint density at radius 3 is 2.78 bits per heavy atom. The van der Waals surface area contributed by atoms with Crippen LogP contribution in [0.4, 0.5) is 0 Å². The summed E-state index contributed by atoms with van der Waals surface area (Å²) in [4.78, 5) is 0. The van der Waals surface area contributed by atoms with Crippen LogP contribution in [0, 0.1) is 0 Å². The number of hydrogen-bond acceptors (Lipinski definition) is 4. The lowest BCUT2D eigenvalue weighted by Gasteiger charge is -2.14. The molecule has 7 nitrogen and oxygen atoms in total. The van der Waals surface area contributed by atoms with Crippen LogP contribution >= 0.6 is 0 Å². The quantitative estimate of drug-likeness (QED) is 0.754. The zero-order valence-corrected chi connectivity index (χ0v) is 10.1. The smallest absolute Gasteiger partial charge is 0.284 e. The zero-order valence-electron chi connectivity index (χ0n) is 9.26. The van der Waals surface area contributed by atoms with Crippen LogP contribution in [-0.2, 0) is 23.4 Å². The molecule has 8 heteroatoms. The van der Waals surface area contributed by atoms with Gasteiger partial charge in [0.05, 0.1) is 12.2 Å². The van der Waals surface area contributed by atoms with Crippen molar-refractivity contribution in [1.82, 2.24) is 19.1 Å². The fourth-order valence-corrected chi connectivity index (χ4v) is 2.60. The van der Waals surface area contributed by atoms with E-state index in [-0.39, 0.29) is 13.1 Å². The fraction of sp³-hybridized carbons (Fsp3) is 0.200. The maximum atomic E-state index is 11.3. The van der Waals surface area contributed by atoms with Gasteiger partial charge in [-0.25, -0.2) is 0 Å². The number of benzene rings is 1. The third-order valence-electron chi connectivity index (χ3n) is 2.86. The normalized spacial score (nSPS) is 15.8. The summed E-state index contributed by atoms with van der Waals surface area (Å²) in [5.74, 6) is 0.470. The van der Waals surface area contributed by atoms with E-state index in [1.807, 2.05) is 24.3 Å². The Balaban J connectivity index is 2.21. The predicted molar refractivity (Wildman–Crippen MR) is 62.2 cm³/mol. The predicted octanol–water partition coefficient (Wildman–Crippen LogP) is 0.386. The molecule has 1 N–H and O–H groups in total. The maximum Gasteiger partial charge on any atom is 0.336 e. The van der Waals surface area contributed by atoms with Crippen LogP contribution in [0.2, 0.25) is 0 Å². The van der Waals surface area contributed by atoms with Gasteiger partial charge in [0.15, 0.2) is 5.82 Å². The van der Waals surface area contributed by atoms with E-state index in [1.54, 1.807) is 4.57 Å². The van der Waals surface area contributed by atoms with Crippen molar-refractivity contribution in [2.75, 3.05) is 0 Å². The number of aromatic nitrogens is 3. The molecule has 0 saturated carbocycles. The van der Waals surface area contributed by atoms with Crippen molar-refractivity contribution in [3.8, 4) is 5.69 Å². The molecule has 0 amide bonds. The minimum atomic E-state index is -4.26. The van der Waals surface area contributed by atoms with Crippen LogP contribution in [0.5, 0.6) is 0 Å². The molecular weight excluding hydrogens is 256 g/mol. The molecule has 3 rings (SSSR count). The molecule has 0 unspecified atom stereocenters. The molecule has 18 heavy (non-hydrogen) atoms. The lowest BCUT2D eigenvalue weighted by Crippen LogP contribution is -2.29. The van der Waals surface area contributed by atoms with Crippen LogP contribution in [0.3, 0.4) is 0 Å². The summed E-state index contributed by atoms with van der Waals surface area (Å²) in [6, 6.07) is 7.33. The number of hydrogen-bond donors (Lipinski definition) is 1. The minimum absolute atomic E-state index is 0.00644. The van der Waals surface area contributed by atoms with Crippen molar-refractivity contribution in [3.05, 3.63) is 42.0 Å². The van der Waals surface area contributed by atoms with Crippen LogP contribution in [0.1, 0.15) is 11.4 Å². The van der Waals surface area contributed by atoms with Crippen molar-refractivity contribution in [3.63, 3.8) is 0 Å². The maximum absolute atomic E-state index is 11.3. The molecule has 1 aromatic carbocycles. The molecule has 0 spiro atoms. The second-order valence-corrected chi connectivity index (χ2v) is 5.40. The van der Waals surface area contributed by atoms with Crippen molar-refractivity contribution >= 4 is 10.3 Å². The monoisotopic (exact) mass is 266 g/mol. The third kappa shape index (κ3) is 1.80. The number of para-hydroxylation sites is 1. The number of rotatable bonds is 1. The largest absolute Gasteiger partial charge is 0.336 e. The van der Waals surface area contributed by atoms with E-state index in [0.717, 1.165) is 15.6 Å². The van der Waals surface area contributed by atoms with Crippen molar-refractivity contribution < 1.29 is 13.0 Å². The minimum Gasteiger partial charge on any atom is -0.284 e. The standard InChI is InChI=1S/C10H10N4O3S/c15-18(16,17)13-5-8-3-1-2-4-9(8)14-7-11-12-10(14)6-13/h1-4,7H,5-6H2,(H,15,16,17). The van der Waals surface area contributed by atoms with Gasteiger partial charge in [0, 0.05) is 6.54 Å². The molecule has 0 bridgehead atoms. The molecule has 0 radical (unpaired) electrons. The Bertz CT molecular complexity index is 695. The van der Waals surface area contributed by atoms with Crippen molar-refractivity contribution in [2.45, 2.75) is 13.1 Å². The highest BCUT2D eigenvalue weighted by Gasteiger charge is 2.27. The van der Waals surface area contributed by atoms with Gasteiger partial charge in [-0.05, 0) is 11.6 Å². The van der Waals surface area contributed by atoms with Gasteiger partial charge in [0.1, 0.15) is 6.33 Å². The fourth-order valence-electron chi connectivity index (χ4n) is 2.01. The van der Waals surface area contributed by atoms with Gasteiger partial charge < -0.3 is 0 Å². The van der Waals surface area contributed by atoms with Crippen molar-refractivity contribution in [2.24, 2.45) is 0 Å². The molecule has 0 fully saturated rings. The topological polar surface area (TPSA) is 88.3 Å². The molecule has 0 atom stereocenters. The summed E-state index contributed by atoms with van der Waals surface area (Å²) >= 11 is 0. The molecule has 1 aromatic heterocycles. The van der Waals surface area contributed by atoms with E-state index in [1.165, 1.54) is 6.33 Å². The first-order valence-corrected chi connectivity index (χ1v) is 6.65. The van der Waals surface area contributed by atoms with Gasteiger partial charge in [-0.2, -0.15) is 12.7 Å². The van der Waals surface area contributed by atoms with E-state index >= 15 is 0 Å². The third-order valence-corrected chi connectivity index (χ3v) is 3.77. The van der Waals surface area contributed by atoms with Gasteiger partial charge in [-0.1, -0.05) is 18.2 Å². The van der Waals surface area contributed by atoms with Crippen LogP contribution in [0.15, 0.2) is 30.6 Å². The van der Waals surface area contributed by atoms with Gasteiger partial charge in [0.2, 0.25) is 0 Å². The number of nitrogens with zero attached hydrogens (tertiary/aromatic N) is 4. The van der Waals surface area contributed by atoms with E-state index in [4.69, 9.17) is 0 Å². The molecule has 0 saturated heterocycles. The Hall–Kier alpha value is -1.77. The average molecular weight is 266 g/mol. The Morgan fingerprint density at radius 1 is 1.22 bits per heavy atom. The summed E-state index contributed by atoms with van der Waals surface area (Å²) < 4.78 is 34.5. The average Bonchev–Trinajstić information content (AvgIpc) is 2.70. The SMILES string of the molecule is O=S(=O)(O)N1Cc2ccccc2-n2cnnc2C1. The summed E-state index contributed by atoms with van der Waals surface area (Å²) in [5.41, 5.74) is 1.61. The summed E-state index contributed by atoms with van der Waals surface area (Å²) in [7, 11) is -4.26. The Kier molecular flexibility index (Phi) is 2.44. The van der Waals surface area contributed by atoms with Gasteiger partial charge in [-0.15, -0.1) is 10.2 Å². The molecular formula is C10H10N4O3S. The van der Waals surface area contributed by atoms with E-state index < -0.39 is 10.3 Å². The molecule has 94 valence electrons. The zero-order chi connectivity index (χ0) is 12.8. The lowest BCUT2D eigenvalue weighted by molar-refractivity contribution is 0.338. The Labute approximate surface area is 104 Å². The molecule has 2 aromatic rings. The van der Waals surface area contributed by atoms with Crippen LogP contribution < -0.4 is 0 Å². The Morgan fingerprint density at radius 2 is 2.00 bits per heavy atom. The molecule has 0 aliphatic carbocycles. The highest BCUT2D eigenvalue weighted by atomic mass is 32.2. The second-order valence-electron chi connectivity index (χ2n) is 3.99. The van der Waals surface area contributed by atoms with Gasteiger partial charge in [0.25, 0.3) is 0 Å². The summed E-state index contributed by atoms with van der Waals surface area (Å²) in [5, 5.41) is 7.65. The molecule has 2 heterocycles. The highest BCUT2D eigenvalue weighted by Crippen LogP contribution is 2.23. The van der Waals surface area contributed by atoms with Gasteiger partial charge >= 0.3 is 10.3 Å². The highest BCUT2D eigenvalue weighted by molar-refractivity contribution is 7.83. The first-order valence-electron chi connectivity index (χ1n) is 5.25. The number of fused-ring (bicyclic) bond motifs is 3. The lowest BCUT2D eigenvalue weighted by atomic mass is 10.2. The molecule has 1 aliphatic rings. The first-order chi connectivity index (χ1) is 8.55. The second kappa shape index (κ2) is 3.87. The van der Waals surface area contributed by atoms with Crippen LogP contribution in [0.25, 0.3) is 5.69 Å².